The molecule has 2 atom stereocenters. The van der Waals surface area contributed by atoms with Crippen LogP contribution >= 0.6 is 0 Å². The summed E-state index contributed by atoms with van der Waals surface area (Å²) in [5.74, 6) is 0. The zero-order valence-corrected chi connectivity index (χ0v) is 11.1. The molecule has 1 N–H and O–H groups in total. The van der Waals surface area contributed by atoms with Gasteiger partial charge in [-0.05, 0) is 44.8 Å². The van der Waals surface area contributed by atoms with E-state index in [9.17, 15) is 0 Å². The Morgan fingerprint density at radius 2 is 1.87 bits per heavy atom. The van der Waals surface area contributed by atoms with E-state index in [4.69, 9.17) is 0 Å². The molecule has 2 unspecified atom stereocenters. The molecule has 0 aliphatic heterocycles. The van der Waals surface area contributed by atoms with E-state index in [0.717, 1.165) is 6.04 Å². The minimum Gasteiger partial charge on any atom is -0.315 e. The lowest BCUT2D eigenvalue weighted by Gasteiger charge is -2.45. The summed E-state index contributed by atoms with van der Waals surface area (Å²) in [4.78, 5) is 2.61. The summed E-state index contributed by atoms with van der Waals surface area (Å²) in [6.45, 7) is 11.7. The van der Waals surface area contributed by atoms with Crippen LogP contribution in [0.15, 0.2) is 0 Å². The summed E-state index contributed by atoms with van der Waals surface area (Å²) in [5, 5.41) is 3.50. The smallest absolute Gasteiger partial charge is 0.0254 e. The van der Waals surface area contributed by atoms with E-state index >= 15 is 0 Å². The van der Waals surface area contributed by atoms with Crippen LogP contribution in [0, 0.1) is 5.41 Å². The van der Waals surface area contributed by atoms with E-state index in [0.29, 0.717) is 11.5 Å². The Bertz CT molecular complexity index is 177. The molecule has 90 valence electrons. The van der Waals surface area contributed by atoms with Gasteiger partial charge in [0, 0.05) is 12.1 Å². The van der Waals surface area contributed by atoms with E-state index in [1.165, 1.54) is 32.4 Å². The summed E-state index contributed by atoms with van der Waals surface area (Å²) in [5.41, 5.74) is 0.528. The summed E-state index contributed by atoms with van der Waals surface area (Å²) in [7, 11) is 2.11. The monoisotopic (exact) mass is 212 g/mol. The number of nitrogens with one attached hydrogen (secondary N) is 1. The van der Waals surface area contributed by atoms with Crippen LogP contribution in [0.2, 0.25) is 0 Å². The van der Waals surface area contributed by atoms with Gasteiger partial charge in [-0.25, -0.2) is 0 Å². The topological polar surface area (TPSA) is 15.3 Å². The molecule has 1 fully saturated rings. The maximum absolute atomic E-state index is 3.50. The highest BCUT2D eigenvalue weighted by molar-refractivity contribution is 4.93. The molecule has 1 aliphatic carbocycles. The maximum atomic E-state index is 3.50. The summed E-state index contributed by atoms with van der Waals surface area (Å²) in [6.07, 6.45) is 4.02. The van der Waals surface area contributed by atoms with Gasteiger partial charge in [0.2, 0.25) is 0 Å². The molecule has 2 nitrogen and oxygen atoms in total. The van der Waals surface area contributed by atoms with E-state index in [2.05, 4.69) is 45.0 Å². The largest absolute Gasteiger partial charge is 0.315 e. The first kappa shape index (κ1) is 13.0. The normalized spacial score (nSPS) is 30.8. The van der Waals surface area contributed by atoms with Crippen LogP contribution < -0.4 is 5.32 Å². The Hall–Kier alpha value is -0.0800. The third kappa shape index (κ3) is 3.18. The van der Waals surface area contributed by atoms with Crippen LogP contribution in [0.25, 0.3) is 0 Å². The van der Waals surface area contributed by atoms with Gasteiger partial charge in [-0.1, -0.05) is 27.7 Å². The molecule has 0 spiro atoms. The molecule has 0 aromatic heterocycles. The van der Waals surface area contributed by atoms with Crippen LogP contribution in [-0.4, -0.2) is 37.1 Å². The van der Waals surface area contributed by atoms with Crippen molar-refractivity contribution in [2.45, 2.75) is 59.0 Å². The lowest BCUT2D eigenvalue weighted by Crippen LogP contribution is -2.53. The quantitative estimate of drug-likeness (QED) is 0.770. The second-order valence-electron chi connectivity index (χ2n) is 5.59. The summed E-state index contributed by atoms with van der Waals surface area (Å²) in [6, 6.07) is 1.42. The van der Waals surface area contributed by atoms with Gasteiger partial charge in [-0.15, -0.1) is 0 Å². The van der Waals surface area contributed by atoms with Crippen LogP contribution in [0.1, 0.15) is 47.0 Å². The second-order valence-corrected chi connectivity index (χ2v) is 5.59. The second kappa shape index (κ2) is 5.31. The fourth-order valence-corrected chi connectivity index (χ4v) is 2.96. The molecular formula is C13H28N2. The molecule has 0 aromatic rings. The maximum Gasteiger partial charge on any atom is 0.0254 e. The molecule has 1 aliphatic rings. The van der Waals surface area contributed by atoms with Crippen LogP contribution in [0.3, 0.4) is 0 Å². The minimum absolute atomic E-state index is 0.528. The Labute approximate surface area is 95.4 Å². The predicted molar refractivity (Wildman–Crippen MR) is 67.2 cm³/mol. The molecule has 0 amide bonds. The molecule has 2 heteroatoms. The van der Waals surface area contributed by atoms with Crippen LogP contribution in [-0.2, 0) is 0 Å². The molecule has 15 heavy (non-hydrogen) atoms. The molecule has 0 aromatic carbocycles. The highest BCUT2D eigenvalue weighted by Crippen LogP contribution is 2.37. The van der Waals surface area contributed by atoms with Gasteiger partial charge >= 0.3 is 0 Å². The summed E-state index contributed by atoms with van der Waals surface area (Å²) >= 11 is 0. The fraction of sp³-hybridized carbons (Fsp3) is 1.00. The highest BCUT2D eigenvalue weighted by Gasteiger charge is 2.36. The van der Waals surface area contributed by atoms with Crippen LogP contribution in [0.4, 0.5) is 0 Å². The number of hydrogen-bond donors (Lipinski definition) is 1. The number of rotatable bonds is 4. The van der Waals surface area contributed by atoms with Crippen molar-refractivity contribution in [2.75, 3.05) is 20.1 Å². The van der Waals surface area contributed by atoms with Crippen molar-refractivity contribution >= 4 is 0 Å². The van der Waals surface area contributed by atoms with Crippen molar-refractivity contribution in [1.29, 1.82) is 0 Å². The zero-order valence-electron chi connectivity index (χ0n) is 11.1. The van der Waals surface area contributed by atoms with Crippen molar-refractivity contribution in [3.63, 3.8) is 0 Å². The molecule has 0 radical (unpaired) electrons. The minimum atomic E-state index is 0.528. The number of likely N-dealkylation sites (N-methyl/N-ethyl adjacent to an activating group) is 2. The predicted octanol–water partition coefficient (Wildman–Crippen LogP) is 2.49. The van der Waals surface area contributed by atoms with Gasteiger partial charge < -0.3 is 5.32 Å². The number of hydrogen-bond acceptors (Lipinski definition) is 2. The number of nitrogens with zero attached hydrogens (tertiary/aromatic N) is 1. The summed E-state index contributed by atoms with van der Waals surface area (Å²) < 4.78 is 0. The third-order valence-corrected chi connectivity index (χ3v) is 4.01. The first-order valence-corrected chi connectivity index (χ1v) is 6.45. The zero-order chi connectivity index (χ0) is 11.5. The van der Waals surface area contributed by atoms with Gasteiger partial charge in [0.15, 0.2) is 0 Å². The molecule has 1 saturated carbocycles. The van der Waals surface area contributed by atoms with Crippen molar-refractivity contribution in [1.82, 2.24) is 10.2 Å². The van der Waals surface area contributed by atoms with E-state index in [1.807, 2.05) is 0 Å². The van der Waals surface area contributed by atoms with E-state index < -0.39 is 0 Å². The molecule has 0 bridgehead atoms. The third-order valence-electron chi connectivity index (χ3n) is 4.01. The van der Waals surface area contributed by atoms with Crippen molar-refractivity contribution < 1.29 is 0 Å². The van der Waals surface area contributed by atoms with Crippen molar-refractivity contribution in [3.05, 3.63) is 0 Å². The van der Waals surface area contributed by atoms with Gasteiger partial charge in [0.1, 0.15) is 0 Å². The van der Waals surface area contributed by atoms with E-state index in [-0.39, 0.29) is 0 Å². The van der Waals surface area contributed by atoms with Gasteiger partial charge in [0.05, 0.1) is 0 Å². The first-order valence-electron chi connectivity index (χ1n) is 6.45. The first-order chi connectivity index (χ1) is 7.04. The van der Waals surface area contributed by atoms with Crippen LogP contribution in [0.5, 0.6) is 0 Å². The molecule has 1 rings (SSSR count). The van der Waals surface area contributed by atoms with Gasteiger partial charge in [-0.2, -0.15) is 0 Å². The SMILES string of the molecule is CCN(CC)C1CC(C)(C)CCC1NC. The molecular weight excluding hydrogens is 184 g/mol. The standard InChI is InChI=1S/C13H28N2/c1-6-15(7-2)12-10-13(3,4)9-8-11(12)14-5/h11-12,14H,6-10H2,1-5H3. The fourth-order valence-electron chi connectivity index (χ4n) is 2.96. The Balaban J connectivity index is 2.70. The van der Waals surface area contributed by atoms with Gasteiger partial charge in [-0.3, -0.25) is 4.90 Å². The highest BCUT2D eigenvalue weighted by atomic mass is 15.2. The average molecular weight is 212 g/mol. The lowest BCUT2D eigenvalue weighted by molar-refractivity contribution is 0.0745. The Morgan fingerprint density at radius 3 is 2.33 bits per heavy atom. The van der Waals surface area contributed by atoms with Gasteiger partial charge in [0.25, 0.3) is 0 Å². The molecule has 0 heterocycles. The lowest BCUT2D eigenvalue weighted by atomic mass is 9.72. The van der Waals surface area contributed by atoms with Crippen molar-refractivity contribution in [2.24, 2.45) is 5.41 Å². The van der Waals surface area contributed by atoms with E-state index in [1.54, 1.807) is 0 Å². The molecule has 0 saturated heterocycles. The Kier molecular flexibility index (Phi) is 4.60. The van der Waals surface area contributed by atoms with Crippen molar-refractivity contribution in [3.8, 4) is 0 Å². The average Bonchev–Trinajstić information content (AvgIpc) is 2.19. The Morgan fingerprint density at radius 1 is 1.27 bits per heavy atom.